The van der Waals surface area contributed by atoms with Gasteiger partial charge in [0.1, 0.15) is 6.04 Å². The van der Waals surface area contributed by atoms with E-state index in [1.54, 1.807) is 21.0 Å². The number of likely N-dealkylation sites (N-methyl/N-ethyl adjacent to an activating group) is 1. The highest BCUT2D eigenvalue weighted by Gasteiger charge is 2.16. The first-order chi connectivity index (χ1) is 9.81. The van der Waals surface area contributed by atoms with Crippen molar-refractivity contribution >= 4 is 29.2 Å². The number of hydrogen-bond donors (Lipinski definition) is 3. The molecule has 0 aromatic carbocycles. The van der Waals surface area contributed by atoms with E-state index in [1.807, 2.05) is 0 Å². The van der Waals surface area contributed by atoms with Crippen molar-refractivity contribution in [2.24, 2.45) is 0 Å². The van der Waals surface area contributed by atoms with Crippen LogP contribution in [0.2, 0.25) is 0 Å². The van der Waals surface area contributed by atoms with E-state index in [2.05, 4.69) is 15.6 Å². The normalized spacial score (nSPS) is 11.6. The lowest BCUT2D eigenvalue weighted by Gasteiger charge is -2.18. The van der Waals surface area contributed by atoms with Gasteiger partial charge >= 0.3 is 12.0 Å². The van der Waals surface area contributed by atoms with Gasteiger partial charge in [-0.2, -0.15) is 0 Å². The molecule has 1 rings (SSSR count). The summed E-state index contributed by atoms with van der Waals surface area (Å²) in [5.74, 6) is -1.27. The number of carbonyl (C=O) groups excluding carboxylic acids is 2. The molecule has 0 saturated carbocycles. The number of nitrogens with one attached hydrogen (secondary N) is 2. The summed E-state index contributed by atoms with van der Waals surface area (Å²) in [6.07, 6.45) is 0.432. The molecule has 9 heteroatoms. The van der Waals surface area contributed by atoms with Crippen LogP contribution >= 0.6 is 11.3 Å². The van der Waals surface area contributed by atoms with Gasteiger partial charge in [-0.15, -0.1) is 11.3 Å². The van der Waals surface area contributed by atoms with Crippen molar-refractivity contribution in [2.45, 2.75) is 19.4 Å². The quantitative estimate of drug-likeness (QED) is 0.692. The summed E-state index contributed by atoms with van der Waals surface area (Å²) in [4.78, 5) is 39.1. The number of aromatic nitrogens is 1. The van der Waals surface area contributed by atoms with Crippen molar-refractivity contribution in [1.29, 1.82) is 0 Å². The molecular formula is C12H18N4O4S. The van der Waals surface area contributed by atoms with Gasteiger partial charge in [-0.1, -0.05) is 0 Å². The Kier molecular flexibility index (Phi) is 6.10. The Morgan fingerprint density at radius 3 is 2.62 bits per heavy atom. The number of carbonyl (C=O) groups is 3. The van der Waals surface area contributed by atoms with Gasteiger partial charge in [0.2, 0.25) is 5.91 Å². The minimum Gasteiger partial charge on any atom is -0.476 e. The van der Waals surface area contributed by atoms with Crippen LogP contribution in [0.3, 0.4) is 0 Å². The Balaban J connectivity index is 2.33. The lowest BCUT2D eigenvalue weighted by molar-refractivity contribution is -0.130. The van der Waals surface area contributed by atoms with Gasteiger partial charge in [0.25, 0.3) is 0 Å². The first-order valence-corrected chi connectivity index (χ1v) is 7.12. The van der Waals surface area contributed by atoms with E-state index >= 15 is 0 Å². The minimum absolute atomic E-state index is 0.00431. The molecule has 1 unspecified atom stereocenters. The number of nitrogens with zero attached hydrogens (tertiary/aromatic N) is 2. The molecule has 1 aromatic heterocycles. The molecule has 0 spiro atoms. The average molecular weight is 314 g/mol. The van der Waals surface area contributed by atoms with Gasteiger partial charge < -0.3 is 20.6 Å². The van der Waals surface area contributed by atoms with E-state index in [4.69, 9.17) is 5.11 Å². The zero-order valence-electron chi connectivity index (χ0n) is 12.0. The molecule has 0 aliphatic rings. The number of carboxylic acid groups (broad SMARTS) is 1. The second-order valence-electron chi connectivity index (χ2n) is 4.54. The maximum absolute atomic E-state index is 11.6. The third-order valence-electron chi connectivity index (χ3n) is 2.55. The highest BCUT2D eigenvalue weighted by molar-refractivity contribution is 7.09. The maximum Gasteiger partial charge on any atom is 0.355 e. The number of rotatable bonds is 6. The topological polar surface area (TPSA) is 112 Å². The summed E-state index contributed by atoms with van der Waals surface area (Å²) in [6.45, 7) is 1.91. The van der Waals surface area contributed by atoms with Crippen LogP contribution in [0.1, 0.15) is 22.4 Å². The number of amides is 3. The van der Waals surface area contributed by atoms with Crippen LogP contribution in [0, 0.1) is 0 Å². The largest absolute Gasteiger partial charge is 0.476 e. The van der Waals surface area contributed by atoms with Gasteiger partial charge in [-0.3, -0.25) is 4.79 Å². The van der Waals surface area contributed by atoms with Gasteiger partial charge in [-0.05, 0) is 6.92 Å². The summed E-state index contributed by atoms with van der Waals surface area (Å²) >= 11 is 1.23. The van der Waals surface area contributed by atoms with E-state index in [1.165, 1.54) is 21.6 Å². The minimum atomic E-state index is -1.07. The third kappa shape index (κ3) is 5.38. The molecule has 1 heterocycles. The van der Waals surface area contributed by atoms with Crippen LogP contribution in [0.5, 0.6) is 0 Å². The van der Waals surface area contributed by atoms with Gasteiger partial charge in [0.15, 0.2) is 5.69 Å². The fraction of sp³-hybridized carbons (Fsp3) is 0.500. The van der Waals surface area contributed by atoms with Crippen LogP contribution in [0.4, 0.5) is 4.79 Å². The van der Waals surface area contributed by atoms with Gasteiger partial charge in [0, 0.05) is 32.4 Å². The predicted molar refractivity (Wildman–Crippen MR) is 77.5 cm³/mol. The van der Waals surface area contributed by atoms with E-state index in [-0.39, 0.29) is 11.6 Å². The molecule has 0 aliphatic carbocycles. The summed E-state index contributed by atoms with van der Waals surface area (Å²) in [6, 6.07) is -1.06. The first kappa shape index (κ1) is 16.9. The Morgan fingerprint density at radius 2 is 2.10 bits per heavy atom. The Labute approximate surface area is 126 Å². The molecule has 21 heavy (non-hydrogen) atoms. The van der Waals surface area contributed by atoms with Crippen molar-refractivity contribution in [2.75, 3.05) is 20.6 Å². The van der Waals surface area contributed by atoms with E-state index in [0.717, 1.165) is 0 Å². The second kappa shape index (κ2) is 7.58. The summed E-state index contributed by atoms with van der Waals surface area (Å²) in [5, 5.41) is 15.9. The lowest BCUT2D eigenvalue weighted by Crippen LogP contribution is -2.48. The standard InChI is InChI=1S/C12H18N4O4S/c1-7(10(17)16(2)3)14-12(20)13-5-4-9-15-8(6-21-9)11(18)19/h6-7H,4-5H2,1-3H3,(H,18,19)(H2,13,14,20). The van der Waals surface area contributed by atoms with Gasteiger partial charge in [0.05, 0.1) is 5.01 Å². The van der Waals surface area contributed by atoms with Crippen LogP contribution in [0.25, 0.3) is 0 Å². The number of urea groups is 1. The fourth-order valence-electron chi connectivity index (χ4n) is 1.50. The van der Waals surface area contributed by atoms with Crippen molar-refractivity contribution in [3.8, 4) is 0 Å². The molecule has 116 valence electrons. The first-order valence-electron chi connectivity index (χ1n) is 6.24. The molecule has 1 aromatic rings. The number of hydrogen-bond acceptors (Lipinski definition) is 5. The number of aromatic carboxylic acids is 1. The SMILES string of the molecule is CC(NC(=O)NCCc1nc(C(=O)O)cs1)C(=O)N(C)C. The van der Waals surface area contributed by atoms with E-state index in [0.29, 0.717) is 18.0 Å². The summed E-state index contributed by atoms with van der Waals surface area (Å²) in [5.41, 5.74) is 0.00431. The molecule has 3 amide bonds. The van der Waals surface area contributed by atoms with Crippen LogP contribution in [-0.4, -0.2) is 59.6 Å². The van der Waals surface area contributed by atoms with Gasteiger partial charge in [-0.25, -0.2) is 14.6 Å². The molecular weight excluding hydrogens is 296 g/mol. The molecule has 0 saturated heterocycles. The zero-order valence-corrected chi connectivity index (χ0v) is 12.9. The molecule has 3 N–H and O–H groups in total. The Morgan fingerprint density at radius 1 is 1.43 bits per heavy atom. The number of carboxylic acids is 1. The third-order valence-corrected chi connectivity index (χ3v) is 3.46. The Hall–Kier alpha value is -2.16. The van der Waals surface area contributed by atoms with E-state index < -0.39 is 18.0 Å². The van der Waals surface area contributed by atoms with Crippen LogP contribution < -0.4 is 10.6 Å². The molecule has 0 bridgehead atoms. The maximum atomic E-state index is 11.6. The van der Waals surface area contributed by atoms with Crippen LogP contribution in [0.15, 0.2) is 5.38 Å². The summed E-state index contributed by atoms with van der Waals surface area (Å²) in [7, 11) is 3.22. The van der Waals surface area contributed by atoms with Crippen molar-refractivity contribution < 1.29 is 19.5 Å². The fourth-order valence-corrected chi connectivity index (χ4v) is 2.28. The summed E-state index contributed by atoms with van der Waals surface area (Å²) < 4.78 is 0. The monoisotopic (exact) mass is 314 g/mol. The molecule has 0 aliphatic heterocycles. The van der Waals surface area contributed by atoms with Crippen molar-refractivity contribution in [3.05, 3.63) is 16.1 Å². The average Bonchev–Trinajstić information content (AvgIpc) is 2.86. The molecule has 0 radical (unpaired) electrons. The van der Waals surface area contributed by atoms with Crippen LogP contribution in [-0.2, 0) is 11.2 Å². The van der Waals surface area contributed by atoms with Crippen molar-refractivity contribution in [1.82, 2.24) is 20.5 Å². The van der Waals surface area contributed by atoms with E-state index in [9.17, 15) is 14.4 Å². The van der Waals surface area contributed by atoms with Crippen molar-refractivity contribution in [3.63, 3.8) is 0 Å². The second-order valence-corrected chi connectivity index (χ2v) is 5.48. The predicted octanol–water partition coefficient (Wildman–Crippen LogP) is 0.160. The highest BCUT2D eigenvalue weighted by atomic mass is 32.1. The smallest absolute Gasteiger partial charge is 0.355 e. The number of thiazole rings is 1. The molecule has 0 fully saturated rings. The lowest BCUT2D eigenvalue weighted by atomic mass is 10.3. The Bertz CT molecular complexity index is 529. The zero-order chi connectivity index (χ0) is 16.0. The molecule has 1 atom stereocenters. The molecule has 8 nitrogen and oxygen atoms in total. The highest BCUT2D eigenvalue weighted by Crippen LogP contribution is 2.09.